The third-order valence-electron chi connectivity index (χ3n) is 2.00. The van der Waals surface area contributed by atoms with Crippen LogP contribution in [0.25, 0.3) is 0 Å². The van der Waals surface area contributed by atoms with E-state index >= 15 is 0 Å². The molecule has 0 aromatic heterocycles. The van der Waals surface area contributed by atoms with Crippen LogP contribution >= 0.6 is 23.2 Å². The molecular weight excluding hydrogens is 303 g/mol. The van der Waals surface area contributed by atoms with Crippen LogP contribution in [0.5, 0.6) is 0 Å². The van der Waals surface area contributed by atoms with Gasteiger partial charge in [-0.2, -0.15) is 5.26 Å². The van der Waals surface area contributed by atoms with Gasteiger partial charge in [-0.05, 0) is 12.1 Å². The second kappa shape index (κ2) is 5.78. The average molecular weight is 306 g/mol. The van der Waals surface area contributed by atoms with Crippen LogP contribution in [-0.4, -0.2) is 16.9 Å². The number of aliphatic carboxylic acids is 1. The van der Waals surface area contributed by atoms with Gasteiger partial charge in [-0.1, -0.05) is 23.2 Å². The molecule has 1 rings (SSSR count). The van der Waals surface area contributed by atoms with Crippen LogP contribution in [0, 0.1) is 23.0 Å². The Kier molecular flexibility index (Phi) is 4.59. The second-order valence-electron chi connectivity index (χ2n) is 3.19. The van der Waals surface area contributed by atoms with E-state index in [1.807, 2.05) is 0 Å². The van der Waals surface area contributed by atoms with Crippen LogP contribution in [0.1, 0.15) is 15.9 Å². The van der Waals surface area contributed by atoms with E-state index in [1.165, 1.54) is 6.07 Å². The van der Waals surface area contributed by atoms with Crippen molar-refractivity contribution in [3.63, 3.8) is 0 Å². The van der Waals surface area contributed by atoms with Gasteiger partial charge in [0.1, 0.15) is 27.8 Å². The number of nitrogens with zero attached hydrogens (tertiary/aromatic N) is 1. The lowest BCUT2D eigenvalue weighted by Crippen LogP contribution is -2.08. The fourth-order valence-electron chi connectivity index (χ4n) is 1.12. The third kappa shape index (κ3) is 3.08. The number of nitriles is 1. The summed E-state index contributed by atoms with van der Waals surface area (Å²) in [5.41, 5.74) is -1.42. The molecule has 1 aromatic rings. The molecule has 0 spiro atoms. The molecule has 0 fully saturated rings. The van der Waals surface area contributed by atoms with E-state index in [0.29, 0.717) is 12.1 Å². The molecule has 19 heavy (non-hydrogen) atoms. The topological polar surface area (TPSA) is 78.2 Å². The van der Waals surface area contributed by atoms with Crippen LogP contribution in [0.2, 0.25) is 0 Å². The Morgan fingerprint density at radius 2 is 1.74 bits per heavy atom. The molecule has 0 radical (unpaired) electrons. The highest BCUT2D eigenvalue weighted by molar-refractivity contribution is 6.54. The molecule has 0 atom stereocenters. The second-order valence-corrected chi connectivity index (χ2v) is 3.94. The van der Waals surface area contributed by atoms with Gasteiger partial charge in [0.05, 0.1) is 11.1 Å². The molecule has 0 aliphatic heterocycles. The molecule has 1 N–H and O–H groups in total. The zero-order valence-corrected chi connectivity index (χ0v) is 10.4. The van der Waals surface area contributed by atoms with Gasteiger partial charge in [0.15, 0.2) is 0 Å². The molecule has 0 aliphatic carbocycles. The summed E-state index contributed by atoms with van der Waals surface area (Å²) in [6, 6.07) is 2.33. The van der Waals surface area contributed by atoms with Gasteiger partial charge in [0.25, 0.3) is 0 Å². The molecule has 4 nitrogen and oxygen atoms in total. The molecule has 0 unspecified atom stereocenters. The summed E-state index contributed by atoms with van der Waals surface area (Å²) < 4.78 is 26.7. The summed E-state index contributed by atoms with van der Waals surface area (Å²) in [6.45, 7) is 0. The summed E-state index contributed by atoms with van der Waals surface area (Å²) in [6.07, 6.45) is 0. The maximum Gasteiger partial charge on any atom is 0.349 e. The van der Waals surface area contributed by atoms with Crippen LogP contribution < -0.4 is 0 Å². The number of halogens is 4. The molecular formula is C11H3Cl2F2NO3. The van der Waals surface area contributed by atoms with Gasteiger partial charge in [0, 0.05) is 0 Å². The highest BCUT2D eigenvalue weighted by atomic mass is 35.5. The minimum absolute atomic E-state index is 0.449. The monoisotopic (exact) mass is 305 g/mol. The number of carbonyl (C=O) groups excluding carboxylic acids is 1. The van der Waals surface area contributed by atoms with Crippen molar-refractivity contribution in [2.75, 3.05) is 0 Å². The summed E-state index contributed by atoms with van der Waals surface area (Å²) in [5.74, 6) is -5.33. The lowest BCUT2D eigenvalue weighted by molar-refractivity contribution is -0.131. The number of carboxylic acids is 1. The Morgan fingerprint density at radius 1 is 1.16 bits per heavy atom. The lowest BCUT2D eigenvalue weighted by Gasteiger charge is -2.04. The van der Waals surface area contributed by atoms with Crippen molar-refractivity contribution in [1.82, 2.24) is 0 Å². The predicted molar refractivity (Wildman–Crippen MR) is 61.8 cm³/mol. The summed E-state index contributed by atoms with van der Waals surface area (Å²) in [5, 5.41) is 15.0. The number of rotatable bonds is 3. The van der Waals surface area contributed by atoms with E-state index in [4.69, 9.17) is 33.6 Å². The highest BCUT2D eigenvalue weighted by Gasteiger charge is 2.23. The molecule has 0 amide bonds. The number of allylic oxidation sites excluding steroid dienone is 1. The number of hydrogen-bond acceptors (Lipinski definition) is 3. The first-order chi connectivity index (χ1) is 8.79. The Bertz CT molecular complexity index is 650. The van der Waals surface area contributed by atoms with Gasteiger partial charge in [0.2, 0.25) is 5.78 Å². The number of Topliss-reactive ketones (excluding diaryl/α,β-unsaturated/α-hetero) is 1. The zero-order chi connectivity index (χ0) is 14.7. The molecule has 0 heterocycles. The Labute approximate surface area is 115 Å². The van der Waals surface area contributed by atoms with Crippen molar-refractivity contribution in [3.8, 4) is 6.07 Å². The third-order valence-corrected chi connectivity index (χ3v) is 2.81. The maximum absolute atomic E-state index is 13.5. The van der Waals surface area contributed by atoms with Crippen molar-refractivity contribution >= 4 is 35.0 Å². The van der Waals surface area contributed by atoms with E-state index in [0.717, 1.165) is 0 Å². The Balaban J connectivity index is 3.38. The first-order valence-electron chi connectivity index (χ1n) is 4.52. The van der Waals surface area contributed by atoms with Gasteiger partial charge in [-0.15, -0.1) is 0 Å². The normalized spacial score (nSPS) is 11.5. The largest absolute Gasteiger partial charge is 0.477 e. The van der Waals surface area contributed by atoms with Crippen LogP contribution in [0.15, 0.2) is 22.2 Å². The van der Waals surface area contributed by atoms with E-state index in [9.17, 15) is 18.4 Å². The molecule has 0 saturated heterocycles. The highest BCUT2D eigenvalue weighted by Crippen LogP contribution is 2.23. The van der Waals surface area contributed by atoms with Gasteiger partial charge in [-0.25, -0.2) is 13.6 Å². The Hall–Kier alpha value is -1.97. The quantitative estimate of drug-likeness (QED) is 0.688. The summed E-state index contributed by atoms with van der Waals surface area (Å²) in [4.78, 5) is 22.1. The molecule has 98 valence electrons. The van der Waals surface area contributed by atoms with E-state index in [2.05, 4.69) is 0 Å². The Morgan fingerprint density at radius 3 is 2.21 bits per heavy atom. The van der Waals surface area contributed by atoms with Crippen LogP contribution in [0.3, 0.4) is 0 Å². The van der Waals surface area contributed by atoms with Gasteiger partial charge < -0.3 is 5.11 Å². The van der Waals surface area contributed by atoms with E-state index < -0.39 is 44.6 Å². The van der Waals surface area contributed by atoms with Crippen LogP contribution in [-0.2, 0) is 4.79 Å². The minimum atomic E-state index is -1.69. The minimum Gasteiger partial charge on any atom is -0.477 e. The maximum atomic E-state index is 13.5. The molecule has 0 bridgehead atoms. The predicted octanol–water partition coefficient (Wildman–Crippen LogP) is 2.79. The van der Waals surface area contributed by atoms with Crippen LogP contribution in [0.4, 0.5) is 8.78 Å². The standard InChI is InChI=1S/C11H3Cl2F2NO3/c12-8(9(13)11(18)19)10(17)5-2-6(14)4(3-16)1-7(5)15/h1-2H,(H,18,19)/b9-8-. The number of benzene rings is 1. The first kappa shape index (κ1) is 15.1. The molecule has 0 aliphatic rings. The van der Waals surface area contributed by atoms with Crippen molar-refractivity contribution in [2.45, 2.75) is 0 Å². The number of carbonyl (C=O) groups is 2. The van der Waals surface area contributed by atoms with Crippen molar-refractivity contribution in [2.24, 2.45) is 0 Å². The summed E-state index contributed by atoms with van der Waals surface area (Å²) >= 11 is 10.6. The fourth-order valence-corrected chi connectivity index (χ4v) is 1.39. The first-order valence-corrected chi connectivity index (χ1v) is 5.27. The van der Waals surface area contributed by atoms with Gasteiger partial charge in [-0.3, -0.25) is 4.79 Å². The van der Waals surface area contributed by atoms with Crippen molar-refractivity contribution in [3.05, 3.63) is 45.0 Å². The van der Waals surface area contributed by atoms with Gasteiger partial charge >= 0.3 is 5.97 Å². The van der Waals surface area contributed by atoms with Crippen molar-refractivity contribution in [1.29, 1.82) is 5.26 Å². The molecule has 0 saturated carbocycles. The molecule has 1 aromatic carbocycles. The van der Waals surface area contributed by atoms with E-state index in [1.54, 1.807) is 0 Å². The fraction of sp³-hybridized carbons (Fsp3) is 0. The zero-order valence-electron chi connectivity index (χ0n) is 8.88. The lowest BCUT2D eigenvalue weighted by atomic mass is 10.1. The van der Waals surface area contributed by atoms with E-state index in [-0.39, 0.29) is 0 Å². The van der Waals surface area contributed by atoms with Crippen molar-refractivity contribution < 1.29 is 23.5 Å². The number of carboxylic acid groups (broad SMARTS) is 1. The summed E-state index contributed by atoms with van der Waals surface area (Å²) in [7, 11) is 0. The smallest absolute Gasteiger partial charge is 0.349 e. The number of ketones is 1. The SMILES string of the molecule is N#Cc1cc(F)c(C(=O)/C(Cl)=C(/Cl)C(=O)O)cc1F. The average Bonchev–Trinajstić information content (AvgIpc) is 2.38. The molecule has 8 heteroatoms. The number of hydrogen-bond donors (Lipinski definition) is 1.